The predicted octanol–water partition coefficient (Wildman–Crippen LogP) is 13.9. The Morgan fingerprint density at radius 1 is 0.469 bits per heavy atom. The molecule has 0 saturated heterocycles. The maximum Gasteiger partial charge on any atom is 0.220 e. The zero-order chi connectivity index (χ0) is 35.7. The maximum atomic E-state index is 12.4. The molecule has 0 heterocycles. The average molecular weight is 692 g/mol. The van der Waals surface area contributed by atoms with Crippen molar-refractivity contribution in [1.29, 1.82) is 0 Å². The van der Waals surface area contributed by atoms with Crippen LogP contribution in [0.4, 0.5) is 0 Å². The molecule has 0 aromatic heterocycles. The fourth-order valence-corrected chi connectivity index (χ4v) is 7.06. The highest BCUT2D eigenvalue weighted by molar-refractivity contribution is 5.76. The van der Waals surface area contributed by atoms with E-state index in [4.69, 9.17) is 0 Å². The summed E-state index contributed by atoms with van der Waals surface area (Å²) in [5.74, 6) is -0.0293. The number of unbranched alkanes of at least 4 members (excludes halogenated alkanes) is 32. The van der Waals surface area contributed by atoms with Crippen LogP contribution in [0.5, 0.6) is 0 Å². The lowest BCUT2D eigenvalue weighted by atomic mass is 10.0. The molecule has 0 aliphatic heterocycles. The molecule has 4 nitrogen and oxygen atoms in total. The second-order valence-electron chi connectivity index (χ2n) is 15.5. The first-order chi connectivity index (χ1) is 24.2. The minimum absolute atomic E-state index is 0.0293. The van der Waals surface area contributed by atoms with E-state index in [2.05, 4.69) is 31.3 Å². The first-order valence-corrected chi connectivity index (χ1v) is 22.4. The van der Waals surface area contributed by atoms with Crippen LogP contribution in [0.3, 0.4) is 0 Å². The quantitative estimate of drug-likeness (QED) is 0.0441. The van der Waals surface area contributed by atoms with Crippen molar-refractivity contribution in [3.63, 3.8) is 0 Å². The zero-order valence-corrected chi connectivity index (χ0v) is 33.5. The molecule has 0 aromatic carbocycles. The van der Waals surface area contributed by atoms with Crippen LogP contribution in [0.1, 0.15) is 251 Å². The number of hydrogen-bond acceptors (Lipinski definition) is 3. The van der Waals surface area contributed by atoms with Gasteiger partial charge in [-0.2, -0.15) is 0 Å². The molecule has 0 unspecified atom stereocenters. The molecule has 0 aromatic rings. The average Bonchev–Trinajstić information content (AvgIpc) is 3.10. The molecule has 1 amide bonds. The molecule has 0 radical (unpaired) electrons. The summed E-state index contributed by atoms with van der Waals surface area (Å²) >= 11 is 0. The molecule has 0 fully saturated rings. The molecule has 0 aliphatic carbocycles. The fraction of sp³-hybridized carbons (Fsp3) is 0.933. The first kappa shape index (κ1) is 48.1. The summed E-state index contributed by atoms with van der Waals surface area (Å²) in [6, 6.07) is -0.532. The van der Waals surface area contributed by atoms with Crippen molar-refractivity contribution in [3.05, 3.63) is 12.2 Å². The predicted molar refractivity (Wildman–Crippen MR) is 216 cm³/mol. The minimum Gasteiger partial charge on any atom is -0.394 e. The molecule has 49 heavy (non-hydrogen) atoms. The van der Waals surface area contributed by atoms with E-state index in [1.165, 1.54) is 199 Å². The zero-order valence-electron chi connectivity index (χ0n) is 33.5. The number of aliphatic hydroxyl groups is 2. The van der Waals surface area contributed by atoms with Gasteiger partial charge in [0.25, 0.3) is 0 Å². The van der Waals surface area contributed by atoms with E-state index >= 15 is 0 Å². The molecular weight excluding hydrogens is 602 g/mol. The van der Waals surface area contributed by atoms with E-state index < -0.39 is 12.1 Å². The topological polar surface area (TPSA) is 69.6 Å². The van der Waals surface area contributed by atoms with Crippen LogP contribution in [-0.4, -0.2) is 34.9 Å². The van der Waals surface area contributed by atoms with Crippen LogP contribution in [-0.2, 0) is 4.79 Å². The monoisotopic (exact) mass is 692 g/mol. The van der Waals surface area contributed by atoms with E-state index in [0.29, 0.717) is 12.8 Å². The highest BCUT2D eigenvalue weighted by atomic mass is 16.3. The third-order valence-corrected chi connectivity index (χ3v) is 10.5. The number of amides is 1. The number of carbonyl (C=O) groups excluding carboxylic acids is 1. The first-order valence-electron chi connectivity index (χ1n) is 22.4. The standard InChI is InChI=1S/C45H89NO3/c1-3-5-7-9-11-13-15-17-19-21-22-23-24-25-27-29-31-33-35-37-39-41-45(49)46-43(42-47)44(48)40-38-36-34-32-30-28-26-20-18-16-14-12-10-8-6-4-2/h17,19,43-44,47-48H,3-16,18,20-42H2,1-2H3,(H,46,49)/b19-17+/t43-,44+/m0/s1. The van der Waals surface area contributed by atoms with E-state index in [-0.39, 0.29) is 12.5 Å². The largest absolute Gasteiger partial charge is 0.394 e. The highest BCUT2D eigenvalue weighted by Crippen LogP contribution is 2.16. The van der Waals surface area contributed by atoms with Crippen LogP contribution in [0, 0.1) is 0 Å². The van der Waals surface area contributed by atoms with Gasteiger partial charge in [0.05, 0.1) is 18.8 Å². The van der Waals surface area contributed by atoms with Crippen molar-refractivity contribution in [3.8, 4) is 0 Å². The maximum absolute atomic E-state index is 12.4. The summed E-state index contributed by atoms with van der Waals surface area (Å²) in [7, 11) is 0. The summed E-state index contributed by atoms with van der Waals surface area (Å²) in [6.45, 7) is 4.37. The van der Waals surface area contributed by atoms with Gasteiger partial charge in [0, 0.05) is 6.42 Å². The van der Waals surface area contributed by atoms with Crippen molar-refractivity contribution in [2.45, 2.75) is 264 Å². The van der Waals surface area contributed by atoms with Crippen molar-refractivity contribution in [1.82, 2.24) is 5.32 Å². The SMILES string of the molecule is CCCCCCCC/C=C/CCCCCCCCCCCCCC(=O)N[C@@H](CO)[C@H](O)CCCCCCCCCCCCCCCCCC. The highest BCUT2D eigenvalue weighted by Gasteiger charge is 2.20. The third kappa shape index (κ3) is 38.2. The number of rotatable bonds is 41. The van der Waals surface area contributed by atoms with Gasteiger partial charge in [-0.3, -0.25) is 4.79 Å². The van der Waals surface area contributed by atoms with Crippen LogP contribution in [0.2, 0.25) is 0 Å². The van der Waals surface area contributed by atoms with Crippen molar-refractivity contribution < 1.29 is 15.0 Å². The van der Waals surface area contributed by atoms with Crippen molar-refractivity contribution >= 4 is 5.91 Å². The van der Waals surface area contributed by atoms with Crippen LogP contribution in [0.15, 0.2) is 12.2 Å². The molecule has 0 spiro atoms. The molecule has 3 N–H and O–H groups in total. The number of allylic oxidation sites excluding steroid dienone is 2. The summed E-state index contributed by atoms with van der Waals surface area (Å²) in [5.41, 5.74) is 0. The minimum atomic E-state index is -0.655. The molecular formula is C45H89NO3. The lowest BCUT2D eigenvalue weighted by molar-refractivity contribution is -0.123. The van der Waals surface area contributed by atoms with Gasteiger partial charge in [0.15, 0.2) is 0 Å². The number of hydrogen-bond donors (Lipinski definition) is 3. The van der Waals surface area contributed by atoms with Gasteiger partial charge >= 0.3 is 0 Å². The van der Waals surface area contributed by atoms with Gasteiger partial charge in [-0.15, -0.1) is 0 Å². The number of carbonyl (C=O) groups is 1. The van der Waals surface area contributed by atoms with Gasteiger partial charge in [0.2, 0.25) is 5.91 Å². The van der Waals surface area contributed by atoms with E-state index in [1.54, 1.807) is 0 Å². The Bertz CT molecular complexity index is 666. The summed E-state index contributed by atoms with van der Waals surface area (Å²) in [6.07, 6.45) is 51.4. The number of aliphatic hydroxyl groups excluding tert-OH is 2. The van der Waals surface area contributed by atoms with Gasteiger partial charge < -0.3 is 15.5 Å². The van der Waals surface area contributed by atoms with Gasteiger partial charge in [-0.05, 0) is 38.5 Å². The molecule has 0 rings (SSSR count). The molecule has 0 saturated carbocycles. The summed E-state index contributed by atoms with van der Waals surface area (Å²) in [4.78, 5) is 12.4. The summed E-state index contributed by atoms with van der Waals surface area (Å²) < 4.78 is 0. The van der Waals surface area contributed by atoms with E-state index in [9.17, 15) is 15.0 Å². The van der Waals surface area contributed by atoms with Gasteiger partial charge in [-0.25, -0.2) is 0 Å². The van der Waals surface area contributed by atoms with Gasteiger partial charge in [0.1, 0.15) is 0 Å². The Morgan fingerprint density at radius 3 is 1.12 bits per heavy atom. The van der Waals surface area contributed by atoms with Crippen LogP contribution in [0.25, 0.3) is 0 Å². The second-order valence-corrected chi connectivity index (χ2v) is 15.5. The smallest absolute Gasteiger partial charge is 0.220 e. The number of nitrogens with one attached hydrogen (secondary N) is 1. The molecule has 0 bridgehead atoms. The van der Waals surface area contributed by atoms with Crippen molar-refractivity contribution in [2.24, 2.45) is 0 Å². The van der Waals surface area contributed by atoms with Crippen molar-refractivity contribution in [2.75, 3.05) is 6.61 Å². The molecule has 292 valence electrons. The Morgan fingerprint density at radius 2 is 0.776 bits per heavy atom. The second kappa shape index (κ2) is 41.5. The lowest BCUT2D eigenvalue weighted by Crippen LogP contribution is -2.45. The Hall–Kier alpha value is -0.870. The van der Waals surface area contributed by atoms with Gasteiger partial charge in [-0.1, -0.05) is 219 Å². The lowest BCUT2D eigenvalue weighted by Gasteiger charge is -2.22. The Labute approximate surface area is 307 Å². The van der Waals surface area contributed by atoms with Crippen LogP contribution >= 0.6 is 0 Å². The van der Waals surface area contributed by atoms with E-state index in [1.807, 2.05) is 0 Å². The normalized spacial score (nSPS) is 13.0. The third-order valence-electron chi connectivity index (χ3n) is 10.5. The van der Waals surface area contributed by atoms with Crippen LogP contribution < -0.4 is 5.32 Å². The molecule has 0 aliphatic rings. The summed E-state index contributed by atoms with van der Waals surface area (Å²) in [5, 5.41) is 23.2. The molecule has 2 atom stereocenters. The molecule has 4 heteroatoms. The fourth-order valence-electron chi connectivity index (χ4n) is 7.06. The van der Waals surface area contributed by atoms with E-state index in [0.717, 1.165) is 25.7 Å². The Kier molecular flexibility index (Phi) is 40.8. The Balaban J connectivity index is 3.48.